The van der Waals surface area contributed by atoms with E-state index >= 15 is 0 Å². The van der Waals surface area contributed by atoms with E-state index in [-0.39, 0.29) is 49.1 Å². The van der Waals surface area contributed by atoms with Crippen LogP contribution >= 0.6 is 0 Å². The molecular weight excluding hydrogens is 360 g/mol. The van der Waals surface area contributed by atoms with E-state index in [1.807, 2.05) is 12.1 Å². The summed E-state index contributed by atoms with van der Waals surface area (Å²) in [6.45, 7) is 2.15. The molecule has 0 spiro atoms. The van der Waals surface area contributed by atoms with Crippen molar-refractivity contribution in [3.63, 3.8) is 0 Å². The maximum absolute atomic E-state index is 12.1. The molecule has 1 unspecified atom stereocenters. The summed E-state index contributed by atoms with van der Waals surface area (Å²) in [6, 6.07) is 5.12. The minimum atomic E-state index is -3.08. The van der Waals surface area contributed by atoms with E-state index in [4.69, 9.17) is 9.47 Å². The number of ether oxygens (including phenoxy) is 2. The molecule has 0 radical (unpaired) electrons. The molecule has 2 aliphatic heterocycles. The third kappa shape index (κ3) is 4.46. The summed E-state index contributed by atoms with van der Waals surface area (Å²) < 4.78 is 33.8. The van der Waals surface area contributed by atoms with Gasteiger partial charge in [-0.15, -0.1) is 0 Å². The molecule has 1 fully saturated rings. The number of benzene rings is 1. The van der Waals surface area contributed by atoms with Crippen LogP contribution in [0.25, 0.3) is 0 Å². The molecule has 2 amide bonds. The first-order chi connectivity index (χ1) is 12.3. The van der Waals surface area contributed by atoms with Crippen LogP contribution in [0.3, 0.4) is 0 Å². The number of fused-ring (bicyclic) bond motifs is 1. The van der Waals surface area contributed by atoms with E-state index in [2.05, 4.69) is 5.32 Å². The predicted octanol–water partition coefficient (Wildman–Crippen LogP) is 0.457. The Bertz CT molecular complexity index is 807. The molecule has 142 valence electrons. The number of rotatable bonds is 6. The van der Waals surface area contributed by atoms with Crippen molar-refractivity contribution in [2.45, 2.75) is 32.4 Å². The van der Waals surface area contributed by atoms with Crippen LogP contribution in [-0.4, -0.2) is 56.0 Å². The molecule has 1 aromatic rings. The molecule has 0 aromatic heterocycles. The molecule has 3 rings (SSSR count). The Balaban J connectivity index is 1.48. The minimum absolute atomic E-state index is 0.0224. The normalized spacial score (nSPS) is 20.0. The number of hydrogen-bond donors (Lipinski definition) is 1. The Kier molecular flexibility index (Phi) is 5.36. The van der Waals surface area contributed by atoms with E-state index in [0.29, 0.717) is 24.5 Å². The lowest BCUT2D eigenvalue weighted by atomic mass is 10.2. The van der Waals surface area contributed by atoms with Crippen molar-refractivity contribution in [2.75, 3.05) is 24.8 Å². The third-order valence-corrected chi connectivity index (χ3v) is 6.31. The summed E-state index contributed by atoms with van der Waals surface area (Å²) in [5, 5.41) is 2.80. The molecule has 8 nitrogen and oxygen atoms in total. The second-order valence-corrected chi connectivity index (χ2v) is 8.71. The standard InChI is InChI=1S/C17H22N2O6S/c1-12(20)19(14-5-7-26(22,23)10-14)6-4-17(21)18-9-13-2-3-15-16(8-13)25-11-24-15/h2-3,8,14H,4-7,9-11H2,1H3,(H,18,21). The van der Waals surface area contributed by atoms with E-state index in [9.17, 15) is 18.0 Å². The van der Waals surface area contributed by atoms with Crippen LogP contribution in [0.15, 0.2) is 18.2 Å². The first-order valence-corrected chi connectivity index (χ1v) is 10.3. The molecule has 1 N–H and O–H groups in total. The molecular formula is C17H22N2O6S. The Labute approximate surface area is 152 Å². The molecule has 26 heavy (non-hydrogen) atoms. The number of carbonyl (C=O) groups is 2. The average Bonchev–Trinajstić information content (AvgIpc) is 3.18. The van der Waals surface area contributed by atoms with Gasteiger partial charge in [0.2, 0.25) is 18.6 Å². The van der Waals surface area contributed by atoms with Gasteiger partial charge in [-0.1, -0.05) is 6.07 Å². The van der Waals surface area contributed by atoms with Crippen LogP contribution in [0, 0.1) is 0 Å². The van der Waals surface area contributed by atoms with Crippen molar-refractivity contribution in [3.8, 4) is 11.5 Å². The van der Waals surface area contributed by atoms with Crippen molar-refractivity contribution in [1.29, 1.82) is 0 Å². The lowest BCUT2D eigenvalue weighted by Crippen LogP contribution is -2.42. The first-order valence-electron chi connectivity index (χ1n) is 8.47. The molecule has 0 saturated carbocycles. The molecule has 0 bridgehead atoms. The highest BCUT2D eigenvalue weighted by Crippen LogP contribution is 2.32. The van der Waals surface area contributed by atoms with E-state index in [0.717, 1.165) is 5.56 Å². The SMILES string of the molecule is CC(=O)N(CCC(=O)NCc1ccc2c(c1)OCO2)C1CCS(=O)(=O)C1. The highest BCUT2D eigenvalue weighted by Gasteiger charge is 2.33. The Hall–Kier alpha value is -2.29. The van der Waals surface area contributed by atoms with Crippen molar-refractivity contribution < 1.29 is 27.5 Å². The van der Waals surface area contributed by atoms with Crippen LogP contribution < -0.4 is 14.8 Å². The number of hydrogen-bond acceptors (Lipinski definition) is 6. The maximum Gasteiger partial charge on any atom is 0.231 e. The fourth-order valence-corrected chi connectivity index (χ4v) is 4.91. The monoisotopic (exact) mass is 382 g/mol. The Morgan fingerprint density at radius 2 is 2.04 bits per heavy atom. The van der Waals surface area contributed by atoms with Crippen LogP contribution in [0.5, 0.6) is 11.5 Å². The van der Waals surface area contributed by atoms with Crippen LogP contribution in [-0.2, 0) is 26.0 Å². The molecule has 9 heteroatoms. The minimum Gasteiger partial charge on any atom is -0.454 e. The van der Waals surface area contributed by atoms with Crippen LogP contribution in [0.4, 0.5) is 0 Å². The number of nitrogens with zero attached hydrogens (tertiary/aromatic N) is 1. The summed E-state index contributed by atoms with van der Waals surface area (Å²) in [7, 11) is -3.08. The fourth-order valence-electron chi connectivity index (χ4n) is 3.18. The number of sulfone groups is 1. The van der Waals surface area contributed by atoms with E-state index in [1.54, 1.807) is 6.07 Å². The second kappa shape index (κ2) is 7.53. The van der Waals surface area contributed by atoms with Gasteiger partial charge in [-0.05, 0) is 24.1 Å². The van der Waals surface area contributed by atoms with Gasteiger partial charge in [0, 0.05) is 32.5 Å². The zero-order chi connectivity index (χ0) is 18.7. The fraction of sp³-hybridized carbons (Fsp3) is 0.529. The Morgan fingerprint density at radius 1 is 1.27 bits per heavy atom. The van der Waals surface area contributed by atoms with E-state index < -0.39 is 9.84 Å². The van der Waals surface area contributed by atoms with Crippen molar-refractivity contribution in [3.05, 3.63) is 23.8 Å². The molecule has 1 saturated heterocycles. The second-order valence-electron chi connectivity index (χ2n) is 6.48. The van der Waals surface area contributed by atoms with Crippen molar-refractivity contribution in [1.82, 2.24) is 10.2 Å². The number of amides is 2. The lowest BCUT2D eigenvalue weighted by molar-refractivity contribution is -0.131. The van der Waals surface area contributed by atoms with Gasteiger partial charge in [0.05, 0.1) is 11.5 Å². The van der Waals surface area contributed by atoms with Gasteiger partial charge >= 0.3 is 0 Å². The van der Waals surface area contributed by atoms with Gasteiger partial charge in [-0.2, -0.15) is 0 Å². The molecule has 1 atom stereocenters. The van der Waals surface area contributed by atoms with Crippen molar-refractivity contribution in [2.24, 2.45) is 0 Å². The summed E-state index contributed by atoms with van der Waals surface area (Å²) in [5.74, 6) is 0.999. The molecule has 2 heterocycles. The third-order valence-electron chi connectivity index (χ3n) is 4.56. The first kappa shape index (κ1) is 18.5. The van der Waals surface area contributed by atoms with Crippen LogP contribution in [0.2, 0.25) is 0 Å². The van der Waals surface area contributed by atoms with Gasteiger partial charge < -0.3 is 19.7 Å². The van der Waals surface area contributed by atoms with Gasteiger partial charge in [-0.25, -0.2) is 8.42 Å². The summed E-state index contributed by atoms with van der Waals surface area (Å²) >= 11 is 0. The number of carbonyl (C=O) groups excluding carboxylic acids is 2. The zero-order valence-corrected chi connectivity index (χ0v) is 15.4. The lowest BCUT2D eigenvalue weighted by Gasteiger charge is -2.26. The summed E-state index contributed by atoms with van der Waals surface area (Å²) in [5.41, 5.74) is 0.882. The summed E-state index contributed by atoms with van der Waals surface area (Å²) in [4.78, 5) is 25.4. The zero-order valence-electron chi connectivity index (χ0n) is 14.6. The highest BCUT2D eigenvalue weighted by molar-refractivity contribution is 7.91. The summed E-state index contributed by atoms with van der Waals surface area (Å²) in [6.07, 6.45) is 0.557. The average molecular weight is 382 g/mol. The highest BCUT2D eigenvalue weighted by atomic mass is 32.2. The predicted molar refractivity (Wildman–Crippen MR) is 93.5 cm³/mol. The van der Waals surface area contributed by atoms with Gasteiger partial charge in [0.15, 0.2) is 21.3 Å². The van der Waals surface area contributed by atoms with E-state index in [1.165, 1.54) is 11.8 Å². The number of nitrogens with one attached hydrogen (secondary N) is 1. The van der Waals surface area contributed by atoms with Gasteiger partial charge in [0.1, 0.15) is 0 Å². The van der Waals surface area contributed by atoms with Crippen LogP contribution in [0.1, 0.15) is 25.3 Å². The van der Waals surface area contributed by atoms with Gasteiger partial charge in [-0.3, -0.25) is 9.59 Å². The maximum atomic E-state index is 12.1. The smallest absolute Gasteiger partial charge is 0.231 e. The largest absolute Gasteiger partial charge is 0.454 e. The quantitative estimate of drug-likeness (QED) is 0.767. The molecule has 0 aliphatic carbocycles. The molecule has 2 aliphatic rings. The van der Waals surface area contributed by atoms with Crippen molar-refractivity contribution >= 4 is 21.7 Å². The topological polar surface area (TPSA) is 102 Å². The van der Waals surface area contributed by atoms with Gasteiger partial charge in [0.25, 0.3) is 0 Å². The molecule has 1 aromatic carbocycles. The Morgan fingerprint density at radius 3 is 2.73 bits per heavy atom.